The van der Waals surface area contributed by atoms with Gasteiger partial charge in [-0.05, 0) is 24.0 Å². The Morgan fingerprint density at radius 3 is 3.07 bits per heavy atom. The van der Waals surface area contributed by atoms with E-state index in [9.17, 15) is 4.79 Å². The fraction of sp³-hybridized carbons (Fsp3) is 0.364. The van der Waals surface area contributed by atoms with Gasteiger partial charge in [0.2, 0.25) is 0 Å². The zero-order valence-electron chi connectivity index (χ0n) is 8.31. The maximum absolute atomic E-state index is 10.5. The van der Waals surface area contributed by atoms with Crippen LogP contribution in [0.25, 0.3) is 0 Å². The number of benzene rings is 1. The predicted molar refractivity (Wildman–Crippen MR) is 59.2 cm³/mol. The number of fused-ring (bicyclic) bond motifs is 1. The molecule has 1 atom stereocenters. The maximum Gasteiger partial charge on any atom is 0.328 e. The van der Waals surface area contributed by atoms with Gasteiger partial charge in [0.25, 0.3) is 0 Å². The minimum atomic E-state index is 0.612. The van der Waals surface area contributed by atoms with Crippen molar-refractivity contribution in [3.05, 3.63) is 29.8 Å². The van der Waals surface area contributed by atoms with E-state index >= 15 is 0 Å². The molecular formula is C11H13BNO. The number of carbonyl (C=O) groups is 1. The molecule has 1 aromatic rings. The second-order valence-electron chi connectivity index (χ2n) is 3.88. The molecule has 0 spiro atoms. The lowest BCUT2D eigenvalue weighted by atomic mass is 9.85. The van der Waals surface area contributed by atoms with Crippen LogP contribution in [0.4, 0.5) is 5.69 Å². The lowest BCUT2D eigenvalue weighted by Crippen LogP contribution is -2.37. The smallest absolute Gasteiger partial charge is 0.328 e. The van der Waals surface area contributed by atoms with Crippen molar-refractivity contribution in [2.45, 2.75) is 13.3 Å². The molecule has 3 heteroatoms. The van der Waals surface area contributed by atoms with E-state index in [0.29, 0.717) is 5.92 Å². The van der Waals surface area contributed by atoms with E-state index in [0.717, 1.165) is 19.2 Å². The van der Waals surface area contributed by atoms with Crippen molar-refractivity contribution in [3.8, 4) is 0 Å². The van der Waals surface area contributed by atoms with Gasteiger partial charge in [0, 0.05) is 12.2 Å². The number of hydrogen-bond donors (Lipinski definition) is 0. The molecule has 2 nitrogen and oxygen atoms in total. The number of hydrogen-bond acceptors (Lipinski definition) is 2. The van der Waals surface area contributed by atoms with Crippen LogP contribution in [0, 0.1) is 5.92 Å². The van der Waals surface area contributed by atoms with E-state index in [1.807, 2.05) is 10.9 Å². The summed E-state index contributed by atoms with van der Waals surface area (Å²) in [5.74, 6) is 0.612. The van der Waals surface area contributed by atoms with Crippen molar-refractivity contribution in [1.82, 2.24) is 0 Å². The van der Waals surface area contributed by atoms with E-state index in [1.54, 1.807) is 7.41 Å². The Morgan fingerprint density at radius 1 is 1.50 bits per heavy atom. The van der Waals surface area contributed by atoms with Gasteiger partial charge in [-0.1, -0.05) is 25.1 Å². The lowest BCUT2D eigenvalue weighted by Gasteiger charge is -2.33. The van der Waals surface area contributed by atoms with Gasteiger partial charge in [0.15, 0.2) is 0 Å². The molecule has 1 aliphatic rings. The normalized spacial score (nSPS) is 20.1. The first kappa shape index (κ1) is 9.32. The molecule has 0 fully saturated rings. The highest BCUT2D eigenvalue weighted by molar-refractivity contribution is 6.70. The first-order valence-electron chi connectivity index (χ1n) is 4.94. The summed E-state index contributed by atoms with van der Waals surface area (Å²) in [6, 6.07) is 8.27. The minimum Gasteiger partial charge on any atom is -0.412 e. The number of para-hydroxylation sites is 1. The van der Waals surface area contributed by atoms with Crippen molar-refractivity contribution < 1.29 is 4.79 Å². The zero-order chi connectivity index (χ0) is 9.97. The van der Waals surface area contributed by atoms with Gasteiger partial charge < -0.3 is 9.61 Å². The van der Waals surface area contributed by atoms with Gasteiger partial charge in [-0.15, -0.1) is 0 Å². The van der Waals surface area contributed by atoms with Gasteiger partial charge in [0.05, 0.1) is 0 Å². The van der Waals surface area contributed by atoms with E-state index in [2.05, 4.69) is 25.1 Å². The Morgan fingerprint density at radius 2 is 2.29 bits per heavy atom. The summed E-state index contributed by atoms with van der Waals surface area (Å²) in [7, 11) is 1.62. The van der Waals surface area contributed by atoms with Crippen LogP contribution >= 0.6 is 0 Å². The Bertz CT molecular complexity index is 340. The van der Waals surface area contributed by atoms with Gasteiger partial charge in [-0.25, -0.2) is 0 Å². The average molecular weight is 186 g/mol. The zero-order valence-corrected chi connectivity index (χ0v) is 8.31. The van der Waals surface area contributed by atoms with Gasteiger partial charge in [-0.3, -0.25) is 0 Å². The predicted octanol–water partition coefficient (Wildman–Crippen LogP) is 1.49. The third kappa shape index (κ3) is 1.67. The number of anilines is 1. The van der Waals surface area contributed by atoms with E-state index in [1.165, 1.54) is 11.3 Å². The second kappa shape index (κ2) is 3.87. The highest BCUT2D eigenvalue weighted by Crippen LogP contribution is 2.28. The molecule has 0 amide bonds. The molecular weight excluding hydrogens is 173 g/mol. The maximum atomic E-state index is 10.5. The topological polar surface area (TPSA) is 20.3 Å². The summed E-state index contributed by atoms with van der Waals surface area (Å²) in [4.78, 5) is 12.5. The standard InChI is InChI=1S/C11H13BNO/c1-9-6-10-4-2-3-5-11(10)13(7-9)12-8-14/h2-5,8-9H,6-7H2,1H3. The van der Waals surface area contributed by atoms with Crippen LogP contribution < -0.4 is 4.81 Å². The molecule has 0 bridgehead atoms. The highest BCUT2D eigenvalue weighted by Gasteiger charge is 2.20. The Labute approximate surface area is 85.2 Å². The quantitative estimate of drug-likeness (QED) is 0.515. The number of carbonyl (C=O) groups excluding carboxylic acids is 1. The van der Waals surface area contributed by atoms with Crippen LogP contribution in [-0.4, -0.2) is 20.1 Å². The van der Waals surface area contributed by atoms with E-state index in [-0.39, 0.29) is 0 Å². The van der Waals surface area contributed by atoms with Gasteiger partial charge in [-0.2, -0.15) is 0 Å². The minimum absolute atomic E-state index is 0.612. The van der Waals surface area contributed by atoms with Crippen LogP contribution in [0.2, 0.25) is 0 Å². The number of nitrogens with zero attached hydrogens (tertiary/aromatic N) is 1. The Kier molecular flexibility index (Phi) is 2.57. The summed E-state index contributed by atoms with van der Waals surface area (Å²) < 4.78 is 0. The summed E-state index contributed by atoms with van der Waals surface area (Å²) in [6.45, 7) is 3.15. The van der Waals surface area contributed by atoms with Crippen LogP contribution in [0.1, 0.15) is 12.5 Å². The van der Waals surface area contributed by atoms with Crippen molar-refractivity contribution in [2.75, 3.05) is 11.4 Å². The molecule has 14 heavy (non-hydrogen) atoms. The van der Waals surface area contributed by atoms with Crippen LogP contribution in [0.5, 0.6) is 0 Å². The van der Waals surface area contributed by atoms with Crippen molar-refractivity contribution >= 4 is 19.3 Å². The first-order valence-corrected chi connectivity index (χ1v) is 4.94. The fourth-order valence-corrected chi connectivity index (χ4v) is 2.05. The molecule has 1 heterocycles. The molecule has 1 radical (unpaired) electrons. The second-order valence-corrected chi connectivity index (χ2v) is 3.88. The SMILES string of the molecule is CC1Cc2ccccc2N([B]C=O)C1. The third-order valence-corrected chi connectivity index (χ3v) is 2.62. The molecule has 0 aliphatic carbocycles. The molecule has 1 unspecified atom stereocenters. The van der Waals surface area contributed by atoms with Crippen molar-refractivity contribution in [1.29, 1.82) is 0 Å². The van der Waals surface area contributed by atoms with Crippen molar-refractivity contribution in [2.24, 2.45) is 5.92 Å². The first-order chi connectivity index (χ1) is 6.81. The molecule has 0 aromatic heterocycles. The summed E-state index contributed by atoms with van der Waals surface area (Å²) in [6.07, 6.45) is 1.97. The lowest BCUT2D eigenvalue weighted by molar-refractivity contribution is 0.562. The molecule has 1 aromatic carbocycles. The summed E-state index contributed by atoms with van der Waals surface area (Å²) in [5.41, 5.74) is 2.52. The summed E-state index contributed by atoms with van der Waals surface area (Å²) >= 11 is 0. The molecule has 0 N–H and O–H groups in total. The van der Waals surface area contributed by atoms with Crippen LogP contribution in [0.3, 0.4) is 0 Å². The van der Waals surface area contributed by atoms with Crippen LogP contribution in [-0.2, 0) is 11.2 Å². The fourth-order valence-electron chi connectivity index (χ4n) is 2.05. The molecule has 1 aliphatic heterocycles. The van der Waals surface area contributed by atoms with Gasteiger partial charge in [0.1, 0.15) is 6.19 Å². The molecule has 0 saturated carbocycles. The van der Waals surface area contributed by atoms with Gasteiger partial charge >= 0.3 is 7.41 Å². The summed E-state index contributed by atoms with van der Waals surface area (Å²) in [5, 5.41) is 0. The third-order valence-electron chi connectivity index (χ3n) is 2.62. The molecule has 2 rings (SSSR count). The highest BCUT2D eigenvalue weighted by atomic mass is 16.1. The van der Waals surface area contributed by atoms with E-state index in [4.69, 9.17) is 0 Å². The van der Waals surface area contributed by atoms with E-state index < -0.39 is 0 Å². The molecule has 0 saturated heterocycles. The Balaban J connectivity index is 2.33. The number of rotatable bonds is 2. The monoisotopic (exact) mass is 186 g/mol. The van der Waals surface area contributed by atoms with Crippen LogP contribution in [0.15, 0.2) is 24.3 Å². The van der Waals surface area contributed by atoms with Crippen molar-refractivity contribution in [3.63, 3.8) is 0 Å². The molecule has 71 valence electrons. The Hall–Kier alpha value is -1.25. The average Bonchev–Trinajstić information content (AvgIpc) is 2.18. The largest absolute Gasteiger partial charge is 0.412 e.